The predicted molar refractivity (Wildman–Crippen MR) is 89.8 cm³/mol. The molecule has 1 N–H and O–H groups in total. The van der Waals surface area contributed by atoms with Gasteiger partial charge in [0.2, 0.25) is 0 Å². The number of fused-ring (bicyclic) bond motifs is 1. The summed E-state index contributed by atoms with van der Waals surface area (Å²) in [7, 11) is 0. The lowest BCUT2D eigenvalue weighted by atomic mass is 10.0. The van der Waals surface area contributed by atoms with Crippen LogP contribution in [0.3, 0.4) is 0 Å². The van der Waals surface area contributed by atoms with Crippen LogP contribution in [0.5, 0.6) is 0 Å². The van der Waals surface area contributed by atoms with Crippen LogP contribution >= 0.6 is 35.5 Å². The first-order chi connectivity index (χ1) is 9.72. The smallest absolute Gasteiger partial charge is 0.271 e. The maximum absolute atomic E-state index is 10.8. The minimum Gasteiger partial charge on any atom is -0.317 e. The highest BCUT2D eigenvalue weighted by Gasteiger charge is 2.15. The predicted octanol–water partition coefficient (Wildman–Crippen LogP) is 3.72. The SMILES string of the molecule is Cl.O=[N+]([O-])c1ccc2sc(SCC3CCNCC3)nc2c1. The summed E-state index contributed by atoms with van der Waals surface area (Å²) in [4.78, 5) is 14.9. The third-order valence-electron chi connectivity index (χ3n) is 3.46. The fraction of sp³-hybridized carbons (Fsp3) is 0.462. The monoisotopic (exact) mass is 345 g/mol. The summed E-state index contributed by atoms with van der Waals surface area (Å²) < 4.78 is 2.03. The van der Waals surface area contributed by atoms with Crippen LogP contribution in [0.25, 0.3) is 10.2 Å². The van der Waals surface area contributed by atoms with Gasteiger partial charge in [-0.15, -0.1) is 23.7 Å². The first-order valence-electron chi connectivity index (χ1n) is 6.61. The van der Waals surface area contributed by atoms with E-state index in [1.807, 2.05) is 0 Å². The molecule has 5 nitrogen and oxygen atoms in total. The van der Waals surface area contributed by atoms with Crippen LogP contribution in [0.4, 0.5) is 5.69 Å². The number of piperidine rings is 1. The van der Waals surface area contributed by atoms with Crippen molar-refractivity contribution in [2.75, 3.05) is 18.8 Å². The number of aromatic nitrogens is 1. The number of thioether (sulfide) groups is 1. The second kappa shape index (κ2) is 7.40. The Morgan fingerprint density at radius 2 is 2.19 bits per heavy atom. The summed E-state index contributed by atoms with van der Waals surface area (Å²) in [5.41, 5.74) is 0.842. The molecule has 0 unspecified atom stereocenters. The van der Waals surface area contributed by atoms with Crippen molar-refractivity contribution in [3.8, 4) is 0 Å². The molecule has 21 heavy (non-hydrogen) atoms. The minimum absolute atomic E-state index is 0. The zero-order valence-electron chi connectivity index (χ0n) is 11.3. The average Bonchev–Trinajstić information content (AvgIpc) is 2.88. The molecule has 1 fully saturated rings. The van der Waals surface area contributed by atoms with Crippen LogP contribution < -0.4 is 5.32 Å². The van der Waals surface area contributed by atoms with E-state index < -0.39 is 0 Å². The summed E-state index contributed by atoms with van der Waals surface area (Å²) in [6.45, 7) is 2.22. The summed E-state index contributed by atoms with van der Waals surface area (Å²) in [6.07, 6.45) is 2.45. The van der Waals surface area contributed by atoms with Crippen molar-refractivity contribution < 1.29 is 4.92 Å². The summed E-state index contributed by atoms with van der Waals surface area (Å²) in [6, 6.07) is 4.89. The van der Waals surface area contributed by atoms with Gasteiger partial charge in [0, 0.05) is 17.9 Å². The zero-order valence-corrected chi connectivity index (χ0v) is 13.7. The number of nitrogens with one attached hydrogen (secondary N) is 1. The van der Waals surface area contributed by atoms with Gasteiger partial charge >= 0.3 is 0 Å². The number of hydrogen-bond acceptors (Lipinski definition) is 6. The van der Waals surface area contributed by atoms with Crippen molar-refractivity contribution in [1.82, 2.24) is 10.3 Å². The molecule has 2 heterocycles. The highest BCUT2D eigenvalue weighted by Crippen LogP contribution is 2.33. The van der Waals surface area contributed by atoms with E-state index in [9.17, 15) is 10.1 Å². The lowest BCUT2D eigenvalue weighted by Crippen LogP contribution is -2.28. The van der Waals surface area contributed by atoms with E-state index in [4.69, 9.17) is 0 Å². The molecule has 0 bridgehead atoms. The van der Waals surface area contributed by atoms with Crippen molar-refractivity contribution in [2.24, 2.45) is 5.92 Å². The molecule has 0 aliphatic carbocycles. The van der Waals surface area contributed by atoms with Gasteiger partial charge in [0.1, 0.15) is 0 Å². The van der Waals surface area contributed by atoms with Gasteiger partial charge in [-0.3, -0.25) is 10.1 Å². The third-order valence-corrected chi connectivity index (χ3v) is 5.87. The number of thiazole rings is 1. The van der Waals surface area contributed by atoms with Crippen molar-refractivity contribution in [1.29, 1.82) is 0 Å². The van der Waals surface area contributed by atoms with Crippen LogP contribution in [0.15, 0.2) is 22.5 Å². The summed E-state index contributed by atoms with van der Waals surface area (Å²) in [5.74, 6) is 1.84. The Hall–Kier alpha value is -0.890. The molecular formula is C13H16ClN3O2S2. The Labute approximate surface area is 137 Å². The van der Waals surface area contributed by atoms with E-state index in [-0.39, 0.29) is 23.0 Å². The molecule has 3 rings (SSSR count). The second-order valence-electron chi connectivity index (χ2n) is 4.89. The van der Waals surface area contributed by atoms with Gasteiger partial charge in [-0.1, -0.05) is 11.8 Å². The van der Waals surface area contributed by atoms with Crippen molar-refractivity contribution >= 4 is 51.4 Å². The first-order valence-corrected chi connectivity index (χ1v) is 8.41. The maximum Gasteiger partial charge on any atom is 0.271 e. The molecule has 0 spiro atoms. The van der Waals surface area contributed by atoms with E-state index in [0.29, 0.717) is 0 Å². The average molecular weight is 346 g/mol. The molecule has 1 aromatic carbocycles. The van der Waals surface area contributed by atoms with Gasteiger partial charge in [-0.05, 0) is 37.9 Å². The molecular weight excluding hydrogens is 330 g/mol. The van der Waals surface area contributed by atoms with E-state index in [1.165, 1.54) is 12.8 Å². The number of nitrogens with zero attached hydrogens (tertiary/aromatic N) is 2. The fourth-order valence-electron chi connectivity index (χ4n) is 2.31. The van der Waals surface area contributed by atoms with Gasteiger partial charge in [-0.25, -0.2) is 4.98 Å². The second-order valence-corrected chi connectivity index (χ2v) is 7.19. The van der Waals surface area contributed by atoms with Gasteiger partial charge in [0.25, 0.3) is 5.69 Å². The Morgan fingerprint density at radius 1 is 1.43 bits per heavy atom. The van der Waals surface area contributed by atoms with E-state index in [1.54, 1.807) is 41.3 Å². The number of hydrogen-bond donors (Lipinski definition) is 1. The van der Waals surface area contributed by atoms with Crippen LogP contribution in [0, 0.1) is 16.0 Å². The molecule has 1 aromatic heterocycles. The zero-order chi connectivity index (χ0) is 13.9. The summed E-state index contributed by atoms with van der Waals surface area (Å²) in [5, 5.41) is 14.1. The maximum atomic E-state index is 10.8. The van der Waals surface area contributed by atoms with E-state index in [2.05, 4.69) is 10.3 Å². The summed E-state index contributed by atoms with van der Waals surface area (Å²) >= 11 is 3.40. The van der Waals surface area contributed by atoms with Crippen molar-refractivity contribution in [2.45, 2.75) is 17.2 Å². The normalized spacial score (nSPS) is 15.8. The quantitative estimate of drug-likeness (QED) is 0.519. The highest BCUT2D eigenvalue weighted by atomic mass is 35.5. The number of rotatable bonds is 4. The molecule has 1 aliphatic rings. The standard InChI is InChI=1S/C13H15N3O2S2.ClH/c17-16(18)10-1-2-12-11(7-10)15-13(20-12)19-8-9-3-5-14-6-4-9;/h1-2,7,9,14H,3-6,8H2;1H. The van der Waals surface area contributed by atoms with Crippen molar-refractivity contribution in [3.63, 3.8) is 0 Å². The molecule has 0 saturated carbocycles. The van der Waals surface area contributed by atoms with Gasteiger partial charge in [-0.2, -0.15) is 0 Å². The lowest BCUT2D eigenvalue weighted by molar-refractivity contribution is -0.384. The fourth-order valence-corrected chi connectivity index (χ4v) is 4.57. The third kappa shape index (κ3) is 4.06. The molecule has 1 saturated heterocycles. The van der Waals surface area contributed by atoms with Gasteiger partial charge < -0.3 is 5.32 Å². The Balaban J connectivity index is 0.00000161. The highest BCUT2D eigenvalue weighted by molar-refractivity contribution is 8.01. The van der Waals surface area contributed by atoms with E-state index >= 15 is 0 Å². The van der Waals surface area contributed by atoms with Crippen LogP contribution in [-0.2, 0) is 0 Å². The molecule has 0 atom stereocenters. The molecule has 2 aromatic rings. The molecule has 114 valence electrons. The Morgan fingerprint density at radius 3 is 2.90 bits per heavy atom. The van der Waals surface area contributed by atoms with Crippen molar-refractivity contribution in [3.05, 3.63) is 28.3 Å². The molecule has 0 radical (unpaired) electrons. The van der Waals surface area contributed by atoms with Crippen LogP contribution in [0.2, 0.25) is 0 Å². The number of nitro benzene ring substituents is 1. The van der Waals surface area contributed by atoms with Crippen LogP contribution in [-0.4, -0.2) is 28.7 Å². The largest absolute Gasteiger partial charge is 0.317 e. The van der Waals surface area contributed by atoms with Crippen LogP contribution in [0.1, 0.15) is 12.8 Å². The first kappa shape index (κ1) is 16.5. The Kier molecular flexibility index (Phi) is 5.80. The number of non-ortho nitro benzene ring substituents is 1. The number of halogens is 1. The number of benzene rings is 1. The molecule has 0 amide bonds. The molecule has 8 heteroatoms. The topological polar surface area (TPSA) is 68.1 Å². The number of nitro groups is 1. The molecule has 1 aliphatic heterocycles. The Bertz CT molecular complexity index is 629. The lowest BCUT2D eigenvalue weighted by Gasteiger charge is -2.21. The van der Waals surface area contributed by atoms with Gasteiger partial charge in [0.15, 0.2) is 4.34 Å². The van der Waals surface area contributed by atoms with E-state index in [0.717, 1.165) is 39.3 Å². The van der Waals surface area contributed by atoms with Gasteiger partial charge in [0.05, 0.1) is 15.1 Å². The minimum atomic E-state index is -0.374.